The number of morpholine rings is 1. The van der Waals surface area contributed by atoms with Crippen molar-refractivity contribution in [3.8, 4) is 11.4 Å². The molecular formula is C21H25N7O3. The summed E-state index contributed by atoms with van der Waals surface area (Å²) in [5.74, 6) is -0.225. The van der Waals surface area contributed by atoms with Gasteiger partial charge in [0.05, 0.1) is 24.6 Å². The van der Waals surface area contributed by atoms with E-state index in [1.54, 1.807) is 30.5 Å². The van der Waals surface area contributed by atoms with Crippen LogP contribution in [0.1, 0.15) is 22.8 Å². The van der Waals surface area contributed by atoms with E-state index in [0.29, 0.717) is 30.2 Å². The minimum absolute atomic E-state index is 0.0483. The van der Waals surface area contributed by atoms with Gasteiger partial charge in [-0.1, -0.05) is 0 Å². The Morgan fingerprint density at radius 1 is 1.19 bits per heavy atom. The van der Waals surface area contributed by atoms with Gasteiger partial charge in [-0.2, -0.15) is 0 Å². The number of nitrogens with one attached hydrogen (secondary N) is 1. The van der Waals surface area contributed by atoms with Crippen LogP contribution in [0.25, 0.3) is 11.4 Å². The summed E-state index contributed by atoms with van der Waals surface area (Å²) >= 11 is 0. The maximum Gasteiger partial charge on any atom is 0.255 e. The van der Waals surface area contributed by atoms with Gasteiger partial charge in [0, 0.05) is 43.5 Å². The van der Waals surface area contributed by atoms with E-state index < -0.39 is 0 Å². The Morgan fingerprint density at radius 3 is 2.68 bits per heavy atom. The second kappa shape index (κ2) is 9.19. The summed E-state index contributed by atoms with van der Waals surface area (Å²) in [4.78, 5) is 27.8. The zero-order valence-corrected chi connectivity index (χ0v) is 17.6. The number of amides is 1. The van der Waals surface area contributed by atoms with E-state index in [0.717, 1.165) is 25.2 Å². The summed E-state index contributed by atoms with van der Waals surface area (Å²) in [7, 11) is 0. The summed E-state index contributed by atoms with van der Waals surface area (Å²) in [6, 6.07) is 8.51. The quantitative estimate of drug-likeness (QED) is 0.618. The third kappa shape index (κ3) is 5.04. The summed E-state index contributed by atoms with van der Waals surface area (Å²) < 4.78 is 8.33. The van der Waals surface area contributed by atoms with Gasteiger partial charge in [-0.25, -0.2) is 4.68 Å². The molecule has 3 heterocycles. The molecule has 31 heavy (non-hydrogen) atoms. The van der Waals surface area contributed by atoms with Crippen LogP contribution in [-0.2, 0) is 4.74 Å². The van der Waals surface area contributed by atoms with Gasteiger partial charge in [0.15, 0.2) is 0 Å². The van der Waals surface area contributed by atoms with Crippen molar-refractivity contribution in [1.29, 1.82) is 0 Å². The Morgan fingerprint density at radius 2 is 1.97 bits per heavy atom. The Kier molecular flexibility index (Phi) is 6.19. The molecule has 1 amide bonds. The average Bonchev–Trinajstić information content (AvgIpc) is 3.29. The molecule has 1 N–H and O–H groups in total. The summed E-state index contributed by atoms with van der Waals surface area (Å²) in [5, 5.41) is 14.3. The van der Waals surface area contributed by atoms with Crippen LogP contribution in [0.3, 0.4) is 0 Å². The van der Waals surface area contributed by atoms with Crippen LogP contribution in [0.2, 0.25) is 0 Å². The lowest BCUT2D eigenvalue weighted by atomic mass is 10.1. The number of hydrogen-bond acceptors (Lipinski definition) is 7. The second-order valence-electron chi connectivity index (χ2n) is 7.69. The first-order valence-electron chi connectivity index (χ1n) is 10.2. The molecule has 1 saturated heterocycles. The fraction of sp³-hybridized carbons (Fsp3) is 0.381. The summed E-state index contributed by atoms with van der Waals surface area (Å²) in [5.41, 5.74) is 2.25. The second-order valence-corrected chi connectivity index (χ2v) is 7.69. The topological polar surface area (TPSA) is 107 Å². The minimum Gasteiger partial charge on any atom is -0.379 e. The number of carbonyl (C=O) groups excluding carboxylic acids is 1. The number of aryl methyl sites for hydroxylation is 1. The molecule has 1 aromatic carbocycles. The van der Waals surface area contributed by atoms with Gasteiger partial charge in [-0.3, -0.25) is 19.1 Å². The van der Waals surface area contributed by atoms with Gasteiger partial charge in [0.2, 0.25) is 0 Å². The van der Waals surface area contributed by atoms with E-state index in [1.165, 1.54) is 15.6 Å². The standard InChI is InChI=1S/C21H25N7O3/c1-15-3-4-27(20(29)9-15)18-10-17(11-19(12-18)28-14-22-24-25-28)21(30)23-16(2)13-26-5-7-31-8-6-26/h3-4,9-12,14,16H,5-8,13H2,1-2H3,(H,23,30)/t16-/m1/s1. The van der Waals surface area contributed by atoms with Crippen molar-refractivity contribution in [2.45, 2.75) is 19.9 Å². The predicted octanol–water partition coefficient (Wildman–Crippen LogP) is 0.572. The summed E-state index contributed by atoms with van der Waals surface area (Å²) in [6.07, 6.45) is 3.14. The number of pyridine rings is 1. The van der Waals surface area contributed by atoms with Gasteiger partial charge in [0.25, 0.3) is 11.5 Å². The molecule has 0 radical (unpaired) electrons. The smallest absolute Gasteiger partial charge is 0.255 e. The zero-order chi connectivity index (χ0) is 21.8. The number of nitrogens with zero attached hydrogens (tertiary/aromatic N) is 6. The number of aromatic nitrogens is 5. The van der Waals surface area contributed by atoms with Gasteiger partial charge in [-0.05, 0) is 54.1 Å². The molecule has 0 aliphatic carbocycles. The first kappa shape index (κ1) is 20.9. The van der Waals surface area contributed by atoms with Crippen LogP contribution in [0.4, 0.5) is 0 Å². The first-order chi connectivity index (χ1) is 15.0. The van der Waals surface area contributed by atoms with Crippen molar-refractivity contribution in [3.05, 3.63) is 64.3 Å². The zero-order valence-electron chi connectivity index (χ0n) is 17.6. The molecule has 0 unspecified atom stereocenters. The lowest BCUT2D eigenvalue weighted by molar-refractivity contribution is 0.0342. The average molecular weight is 423 g/mol. The number of benzene rings is 1. The number of hydrogen-bond donors (Lipinski definition) is 1. The molecule has 1 fully saturated rings. The number of carbonyl (C=O) groups is 1. The number of ether oxygens (including phenoxy) is 1. The minimum atomic E-state index is -0.225. The van der Waals surface area contributed by atoms with Crippen molar-refractivity contribution in [2.75, 3.05) is 32.8 Å². The first-order valence-corrected chi connectivity index (χ1v) is 10.2. The maximum atomic E-state index is 13.0. The van der Waals surface area contributed by atoms with Crippen molar-refractivity contribution in [2.24, 2.45) is 0 Å². The molecule has 1 aliphatic rings. The van der Waals surface area contributed by atoms with E-state index in [-0.39, 0.29) is 17.5 Å². The fourth-order valence-electron chi connectivity index (χ4n) is 3.59. The van der Waals surface area contributed by atoms with E-state index in [1.807, 2.05) is 19.9 Å². The van der Waals surface area contributed by atoms with Crippen molar-refractivity contribution in [1.82, 2.24) is 35.0 Å². The highest BCUT2D eigenvalue weighted by Gasteiger charge is 2.17. The highest BCUT2D eigenvalue weighted by Crippen LogP contribution is 2.17. The lowest BCUT2D eigenvalue weighted by Crippen LogP contribution is -2.46. The van der Waals surface area contributed by atoms with Crippen LogP contribution >= 0.6 is 0 Å². The Balaban J connectivity index is 1.62. The van der Waals surface area contributed by atoms with Gasteiger partial charge < -0.3 is 10.1 Å². The molecule has 1 aliphatic heterocycles. The molecule has 0 bridgehead atoms. The van der Waals surface area contributed by atoms with Crippen LogP contribution in [0.5, 0.6) is 0 Å². The Hall–Kier alpha value is -3.37. The molecule has 10 heteroatoms. The number of tetrazole rings is 1. The number of rotatable bonds is 6. The lowest BCUT2D eigenvalue weighted by Gasteiger charge is -2.29. The normalized spacial score (nSPS) is 15.5. The molecule has 162 valence electrons. The molecule has 10 nitrogen and oxygen atoms in total. The maximum absolute atomic E-state index is 13.0. The van der Waals surface area contributed by atoms with Crippen LogP contribution < -0.4 is 10.9 Å². The van der Waals surface area contributed by atoms with E-state index in [9.17, 15) is 9.59 Å². The third-order valence-electron chi connectivity index (χ3n) is 5.14. The molecule has 2 aromatic heterocycles. The molecule has 3 aromatic rings. The van der Waals surface area contributed by atoms with E-state index >= 15 is 0 Å². The molecule has 4 rings (SSSR count). The SMILES string of the molecule is Cc1ccn(-c2cc(C(=O)N[C@H](C)CN3CCOCC3)cc(-n3cnnn3)c2)c(=O)c1. The van der Waals surface area contributed by atoms with Crippen LogP contribution in [0.15, 0.2) is 47.7 Å². The van der Waals surface area contributed by atoms with Gasteiger partial charge >= 0.3 is 0 Å². The highest BCUT2D eigenvalue weighted by atomic mass is 16.5. The highest BCUT2D eigenvalue weighted by molar-refractivity contribution is 5.95. The molecular weight excluding hydrogens is 398 g/mol. The van der Waals surface area contributed by atoms with E-state index in [4.69, 9.17) is 4.74 Å². The van der Waals surface area contributed by atoms with E-state index in [2.05, 4.69) is 25.7 Å². The molecule has 0 saturated carbocycles. The Bertz CT molecular complexity index is 1100. The van der Waals surface area contributed by atoms with Crippen molar-refractivity contribution < 1.29 is 9.53 Å². The van der Waals surface area contributed by atoms with Gasteiger partial charge in [-0.15, -0.1) is 5.10 Å². The summed E-state index contributed by atoms with van der Waals surface area (Å²) in [6.45, 7) is 7.71. The van der Waals surface area contributed by atoms with Crippen molar-refractivity contribution in [3.63, 3.8) is 0 Å². The van der Waals surface area contributed by atoms with Crippen molar-refractivity contribution >= 4 is 5.91 Å². The monoisotopic (exact) mass is 423 g/mol. The van der Waals surface area contributed by atoms with Crippen LogP contribution in [-0.4, -0.2) is 74.5 Å². The largest absolute Gasteiger partial charge is 0.379 e. The molecule has 1 atom stereocenters. The van der Waals surface area contributed by atoms with Gasteiger partial charge in [0.1, 0.15) is 6.33 Å². The predicted molar refractivity (Wildman–Crippen MR) is 114 cm³/mol. The Labute approximate surface area is 179 Å². The van der Waals surface area contributed by atoms with Crippen LogP contribution in [0, 0.1) is 6.92 Å². The third-order valence-corrected chi connectivity index (χ3v) is 5.14. The fourth-order valence-corrected chi connectivity index (χ4v) is 3.59. The molecule has 0 spiro atoms.